The summed E-state index contributed by atoms with van der Waals surface area (Å²) in [7, 11) is 0. The van der Waals surface area contributed by atoms with E-state index in [1.54, 1.807) is 6.92 Å². The van der Waals surface area contributed by atoms with Crippen molar-refractivity contribution < 1.29 is 14.3 Å². The first kappa shape index (κ1) is 14.8. The van der Waals surface area contributed by atoms with Gasteiger partial charge in [-0.05, 0) is 13.0 Å². The SMILES string of the molecule is CCOC(=O)[C@@H]1Sc2[nH]c(=O)sc2[C@@H]2c3ccccc3OC[C@@H]21. The first-order valence-electron chi connectivity index (χ1n) is 7.47. The van der Waals surface area contributed by atoms with E-state index < -0.39 is 0 Å². The van der Waals surface area contributed by atoms with Crippen molar-refractivity contribution in [1.82, 2.24) is 4.98 Å². The minimum atomic E-state index is -0.369. The lowest BCUT2D eigenvalue weighted by molar-refractivity contribution is -0.144. The van der Waals surface area contributed by atoms with Crippen LogP contribution in [0.25, 0.3) is 0 Å². The van der Waals surface area contributed by atoms with Gasteiger partial charge < -0.3 is 14.5 Å². The molecule has 0 amide bonds. The number of aromatic amines is 1. The average molecular weight is 349 g/mol. The summed E-state index contributed by atoms with van der Waals surface area (Å²) >= 11 is 2.61. The minimum absolute atomic E-state index is 0.00504. The quantitative estimate of drug-likeness (QED) is 0.844. The summed E-state index contributed by atoms with van der Waals surface area (Å²) in [6, 6.07) is 7.83. The Bertz CT molecular complexity index is 812. The number of thiazole rings is 1. The number of rotatable bonds is 2. The maximum atomic E-state index is 12.4. The first-order valence-corrected chi connectivity index (χ1v) is 9.16. The molecule has 0 spiro atoms. The van der Waals surface area contributed by atoms with Crippen LogP contribution in [0.15, 0.2) is 34.1 Å². The van der Waals surface area contributed by atoms with Crippen LogP contribution in [0.5, 0.6) is 5.75 Å². The fraction of sp³-hybridized carbons (Fsp3) is 0.375. The molecule has 4 rings (SSSR count). The number of hydrogen-bond donors (Lipinski definition) is 1. The highest BCUT2D eigenvalue weighted by Crippen LogP contribution is 2.53. The molecule has 120 valence electrons. The Morgan fingerprint density at radius 2 is 2.26 bits per heavy atom. The molecule has 1 aromatic heterocycles. The topological polar surface area (TPSA) is 68.4 Å². The van der Waals surface area contributed by atoms with Gasteiger partial charge in [0, 0.05) is 22.3 Å². The largest absolute Gasteiger partial charge is 0.493 e. The molecule has 23 heavy (non-hydrogen) atoms. The van der Waals surface area contributed by atoms with E-state index >= 15 is 0 Å². The predicted molar refractivity (Wildman–Crippen MR) is 88.5 cm³/mol. The molecule has 0 saturated heterocycles. The summed E-state index contributed by atoms with van der Waals surface area (Å²) in [6.45, 7) is 2.59. The molecule has 0 saturated carbocycles. The van der Waals surface area contributed by atoms with E-state index in [0.29, 0.717) is 13.2 Å². The van der Waals surface area contributed by atoms with Crippen LogP contribution in [0.4, 0.5) is 0 Å². The van der Waals surface area contributed by atoms with Gasteiger partial charge in [0.2, 0.25) is 0 Å². The average Bonchev–Trinajstić information content (AvgIpc) is 2.93. The van der Waals surface area contributed by atoms with Crippen molar-refractivity contribution in [2.75, 3.05) is 13.2 Å². The van der Waals surface area contributed by atoms with Gasteiger partial charge in [0.25, 0.3) is 0 Å². The lowest BCUT2D eigenvalue weighted by Crippen LogP contribution is -2.41. The summed E-state index contributed by atoms with van der Waals surface area (Å²) in [5, 5.41) is 0.419. The van der Waals surface area contributed by atoms with Crippen LogP contribution in [0.1, 0.15) is 23.3 Å². The van der Waals surface area contributed by atoms with Gasteiger partial charge in [-0.15, -0.1) is 0 Å². The van der Waals surface area contributed by atoms with E-state index in [0.717, 1.165) is 21.2 Å². The fourth-order valence-corrected chi connectivity index (χ4v) is 5.74. The number of fused-ring (bicyclic) bond motifs is 5. The Balaban J connectivity index is 1.85. The van der Waals surface area contributed by atoms with Crippen molar-refractivity contribution in [2.45, 2.75) is 23.1 Å². The van der Waals surface area contributed by atoms with Crippen LogP contribution in [-0.2, 0) is 9.53 Å². The second-order valence-electron chi connectivity index (χ2n) is 5.49. The number of nitrogens with one attached hydrogen (secondary N) is 1. The summed E-state index contributed by atoms with van der Waals surface area (Å²) < 4.78 is 11.1. The maximum absolute atomic E-state index is 12.4. The zero-order valence-corrected chi connectivity index (χ0v) is 14.0. The molecule has 1 N–H and O–H groups in total. The maximum Gasteiger partial charge on any atom is 0.319 e. The van der Waals surface area contributed by atoms with Gasteiger partial charge in [-0.25, -0.2) is 0 Å². The second kappa shape index (κ2) is 5.72. The van der Waals surface area contributed by atoms with Gasteiger partial charge in [-0.1, -0.05) is 41.3 Å². The zero-order valence-electron chi connectivity index (χ0n) is 12.4. The summed E-state index contributed by atoms with van der Waals surface area (Å²) in [5.74, 6) is 0.547. The molecule has 0 bridgehead atoms. The molecule has 0 radical (unpaired) electrons. The monoisotopic (exact) mass is 349 g/mol. The zero-order chi connectivity index (χ0) is 16.0. The normalized spacial score (nSPS) is 24.8. The Kier molecular flexibility index (Phi) is 3.69. The van der Waals surface area contributed by atoms with Crippen molar-refractivity contribution in [3.05, 3.63) is 44.4 Å². The van der Waals surface area contributed by atoms with E-state index in [1.807, 2.05) is 24.3 Å². The summed E-state index contributed by atoms with van der Waals surface area (Å²) in [4.78, 5) is 28.0. The van der Waals surface area contributed by atoms with Crippen molar-refractivity contribution in [3.63, 3.8) is 0 Å². The summed E-state index contributed by atoms with van der Waals surface area (Å²) in [6.07, 6.45) is 0. The Morgan fingerprint density at radius 1 is 1.43 bits per heavy atom. The molecule has 5 nitrogen and oxygen atoms in total. The van der Waals surface area contributed by atoms with E-state index in [9.17, 15) is 9.59 Å². The number of aromatic nitrogens is 1. The van der Waals surface area contributed by atoms with Crippen LogP contribution in [-0.4, -0.2) is 29.4 Å². The molecule has 3 heterocycles. The number of thioether (sulfide) groups is 1. The minimum Gasteiger partial charge on any atom is -0.493 e. The number of benzene rings is 1. The van der Waals surface area contributed by atoms with Crippen molar-refractivity contribution in [2.24, 2.45) is 5.92 Å². The van der Waals surface area contributed by atoms with Crippen molar-refractivity contribution in [1.29, 1.82) is 0 Å². The van der Waals surface area contributed by atoms with Gasteiger partial charge in [-0.3, -0.25) is 9.59 Å². The number of ether oxygens (including phenoxy) is 2. The molecular weight excluding hydrogens is 334 g/mol. The Labute approximate surface area is 141 Å². The van der Waals surface area contributed by atoms with Gasteiger partial charge >= 0.3 is 10.8 Å². The van der Waals surface area contributed by atoms with Gasteiger partial charge in [0.15, 0.2) is 0 Å². The molecule has 3 atom stereocenters. The van der Waals surface area contributed by atoms with Gasteiger partial charge in [0.05, 0.1) is 18.2 Å². The third-order valence-corrected chi connectivity index (χ3v) is 6.64. The molecule has 0 unspecified atom stereocenters. The number of esters is 1. The Morgan fingerprint density at radius 3 is 3.09 bits per heavy atom. The van der Waals surface area contributed by atoms with Crippen molar-refractivity contribution >= 4 is 29.1 Å². The lowest BCUT2D eigenvalue weighted by Gasteiger charge is -2.39. The third kappa shape index (κ3) is 2.38. The van der Waals surface area contributed by atoms with E-state index in [4.69, 9.17) is 9.47 Å². The predicted octanol–water partition coefficient (Wildman–Crippen LogP) is 2.61. The molecule has 2 aliphatic rings. The van der Waals surface area contributed by atoms with E-state index in [2.05, 4.69) is 4.98 Å². The highest BCUT2D eigenvalue weighted by atomic mass is 32.2. The van der Waals surface area contributed by atoms with E-state index in [-0.39, 0.29) is 27.9 Å². The van der Waals surface area contributed by atoms with Gasteiger partial charge in [0.1, 0.15) is 11.0 Å². The third-order valence-electron chi connectivity index (χ3n) is 4.19. The van der Waals surface area contributed by atoms with Crippen LogP contribution in [0.3, 0.4) is 0 Å². The van der Waals surface area contributed by atoms with Crippen LogP contribution < -0.4 is 9.61 Å². The highest BCUT2D eigenvalue weighted by molar-refractivity contribution is 8.00. The number of para-hydroxylation sites is 1. The molecule has 0 fully saturated rings. The highest BCUT2D eigenvalue weighted by Gasteiger charge is 2.47. The standard InChI is InChI=1S/C16H15NO4S2/c1-2-20-15(18)12-9-7-21-10-6-4-3-5-8(10)11(9)13-14(22-12)17-16(19)23-13/h3-6,9,11-12H,2,7H2,1H3,(H,17,19)/t9-,11+,12+/m0/s1. The Hall–Kier alpha value is -1.73. The molecule has 1 aromatic carbocycles. The van der Waals surface area contributed by atoms with Crippen LogP contribution >= 0.6 is 23.1 Å². The van der Waals surface area contributed by atoms with Crippen LogP contribution in [0, 0.1) is 5.92 Å². The number of hydrogen-bond acceptors (Lipinski definition) is 6. The number of carbonyl (C=O) groups is 1. The smallest absolute Gasteiger partial charge is 0.319 e. The fourth-order valence-electron chi connectivity index (χ4n) is 3.26. The molecule has 2 aromatic rings. The lowest BCUT2D eigenvalue weighted by atomic mass is 9.80. The van der Waals surface area contributed by atoms with E-state index in [1.165, 1.54) is 23.1 Å². The number of H-pyrrole nitrogens is 1. The molecule has 2 aliphatic heterocycles. The molecule has 7 heteroatoms. The first-order chi connectivity index (χ1) is 11.2. The van der Waals surface area contributed by atoms with Crippen molar-refractivity contribution in [3.8, 4) is 5.75 Å². The molecular formula is C16H15NO4S2. The van der Waals surface area contributed by atoms with Gasteiger partial charge in [-0.2, -0.15) is 0 Å². The number of carbonyl (C=O) groups excluding carboxylic acids is 1. The molecule has 0 aliphatic carbocycles. The summed E-state index contributed by atoms with van der Waals surface area (Å²) in [5.41, 5.74) is 1.04. The van der Waals surface area contributed by atoms with Crippen LogP contribution in [0.2, 0.25) is 0 Å². The second-order valence-corrected chi connectivity index (χ2v) is 7.66.